The third-order valence-corrected chi connectivity index (χ3v) is 2.44. The summed E-state index contributed by atoms with van der Waals surface area (Å²) < 4.78 is 0. The van der Waals surface area contributed by atoms with E-state index in [2.05, 4.69) is 16.3 Å². The number of carbonyl (C=O) groups excluding carboxylic acids is 1. The van der Waals surface area contributed by atoms with Crippen molar-refractivity contribution in [2.75, 3.05) is 13.1 Å². The first-order chi connectivity index (χ1) is 8.08. The van der Waals surface area contributed by atoms with E-state index >= 15 is 0 Å². The predicted molar refractivity (Wildman–Crippen MR) is 63.4 cm³/mol. The minimum Gasteiger partial charge on any atom is -0.336 e. The summed E-state index contributed by atoms with van der Waals surface area (Å²) >= 11 is 5.60. The predicted octanol–water partition coefficient (Wildman–Crippen LogP) is 1.75. The molecule has 0 aromatic carbocycles. The van der Waals surface area contributed by atoms with Crippen LogP contribution in [0.4, 0.5) is 0 Å². The number of amides is 1. The molecule has 0 aliphatic heterocycles. The SMILES string of the molecule is CCN(CC(C)C#N)C(=O)c1ccc(Cl)nn1. The summed E-state index contributed by atoms with van der Waals surface area (Å²) in [6.07, 6.45) is 0. The maximum absolute atomic E-state index is 12.0. The molecule has 1 aromatic heterocycles. The zero-order valence-corrected chi connectivity index (χ0v) is 10.5. The standard InChI is InChI=1S/C11H13ClN4O/c1-3-16(7-8(2)6-13)11(17)9-4-5-10(12)15-14-9/h4-5,8H,3,7H2,1-2H3. The summed E-state index contributed by atoms with van der Waals surface area (Å²) in [5, 5.41) is 16.3. The number of nitriles is 1. The van der Waals surface area contributed by atoms with Crippen molar-refractivity contribution in [3.63, 3.8) is 0 Å². The van der Waals surface area contributed by atoms with Crippen LogP contribution in [0.25, 0.3) is 0 Å². The Morgan fingerprint density at radius 3 is 2.76 bits per heavy atom. The van der Waals surface area contributed by atoms with E-state index in [-0.39, 0.29) is 22.7 Å². The Balaban J connectivity index is 2.79. The Labute approximate surface area is 105 Å². The van der Waals surface area contributed by atoms with E-state index in [0.717, 1.165) is 0 Å². The molecule has 1 rings (SSSR count). The summed E-state index contributed by atoms with van der Waals surface area (Å²) in [4.78, 5) is 13.6. The van der Waals surface area contributed by atoms with Crippen LogP contribution in [0.3, 0.4) is 0 Å². The van der Waals surface area contributed by atoms with Gasteiger partial charge in [0.05, 0.1) is 12.0 Å². The number of halogens is 1. The van der Waals surface area contributed by atoms with E-state index in [0.29, 0.717) is 13.1 Å². The van der Waals surface area contributed by atoms with Crippen molar-refractivity contribution in [3.05, 3.63) is 23.0 Å². The fourth-order valence-electron chi connectivity index (χ4n) is 1.32. The molecule has 1 aromatic rings. The lowest BCUT2D eigenvalue weighted by molar-refractivity contribution is 0.0745. The third-order valence-electron chi connectivity index (χ3n) is 2.23. The summed E-state index contributed by atoms with van der Waals surface area (Å²) in [5.41, 5.74) is 0.237. The normalized spacial score (nSPS) is 11.6. The lowest BCUT2D eigenvalue weighted by atomic mass is 10.2. The van der Waals surface area contributed by atoms with Gasteiger partial charge in [0.2, 0.25) is 0 Å². The third kappa shape index (κ3) is 3.68. The van der Waals surface area contributed by atoms with Gasteiger partial charge < -0.3 is 4.90 Å². The zero-order chi connectivity index (χ0) is 12.8. The number of aromatic nitrogens is 2. The molecule has 0 saturated heterocycles. The second kappa shape index (κ2) is 6.16. The topological polar surface area (TPSA) is 69.9 Å². The van der Waals surface area contributed by atoms with Crippen LogP contribution < -0.4 is 0 Å². The van der Waals surface area contributed by atoms with Crippen LogP contribution >= 0.6 is 11.6 Å². The van der Waals surface area contributed by atoms with Crippen LogP contribution in [0, 0.1) is 17.2 Å². The molecular weight excluding hydrogens is 240 g/mol. The summed E-state index contributed by atoms with van der Waals surface area (Å²) in [5.74, 6) is -0.446. The second-order valence-corrected chi connectivity index (χ2v) is 4.00. The highest BCUT2D eigenvalue weighted by Gasteiger charge is 2.18. The smallest absolute Gasteiger partial charge is 0.274 e. The molecule has 90 valence electrons. The van der Waals surface area contributed by atoms with Gasteiger partial charge in [-0.3, -0.25) is 4.79 Å². The van der Waals surface area contributed by atoms with Crippen LogP contribution in [-0.4, -0.2) is 34.1 Å². The molecule has 0 bridgehead atoms. The molecule has 0 saturated carbocycles. The van der Waals surface area contributed by atoms with Crippen molar-refractivity contribution in [2.45, 2.75) is 13.8 Å². The highest BCUT2D eigenvalue weighted by molar-refractivity contribution is 6.29. The number of hydrogen-bond donors (Lipinski definition) is 0. The van der Waals surface area contributed by atoms with Crippen molar-refractivity contribution in [2.24, 2.45) is 5.92 Å². The Kier molecular flexibility index (Phi) is 4.85. The highest BCUT2D eigenvalue weighted by Crippen LogP contribution is 2.07. The second-order valence-electron chi connectivity index (χ2n) is 3.62. The molecule has 0 spiro atoms. The molecule has 0 radical (unpaired) electrons. The fourth-order valence-corrected chi connectivity index (χ4v) is 1.42. The van der Waals surface area contributed by atoms with Gasteiger partial charge in [0.15, 0.2) is 10.8 Å². The molecule has 1 unspecified atom stereocenters. The van der Waals surface area contributed by atoms with Gasteiger partial charge in [0.25, 0.3) is 5.91 Å². The molecule has 17 heavy (non-hydrogen) atoms. The van der Waals surface area contributed by atoms with Crippen molar-refractivity contribution < 1.29 is 4.79 Å². The molecule has 1 atom stereocenters. The van der Waals surface area contributed by atoms with Crippen molar-refractivity contribution in [1.82, 2.24) is 15.1 Å². The molecular formula is C11H13ClN4O. The van der Waals surface area contributed by atoms with E-state index in [1.165, 1.54) is 12.1 Å². The molecule has 1 amide bonds. The maximum Gasteiger partial charge on any atom is 0.274 e. The molecule has 1 heterocycles. The average Bonchev–Trinajstić information content (AvgIpc) is 2.35. The van der Waals surface area contributed by atoms with Gasteiger partial charge in [0.1, 0.15) is 0 Å². The van der Waals surface area contributed by atoms with Gasteiger partial charge in [-0.15, -0.1) is 10.2 Å². The van der Waals surface area contributed by atoms with Gasteiger partial charge >= 0.3 is 0 Å². The van der Waals surface area contributed by atoms with Gasteiger partial charge in [-0.2, -0.15) is 5.26 Å². The van der Waals surface area contributed by atoms with Crippen molar-refractivity contribution in [1.29, 1.82) is 5.26 Å². The molecule has 0 fully saturated rings. The maximum atomic E-state index is 12.0. The Morgan fingerprint density at radius 2 is 2.29 bits per heavy atom. The van der Waals surface area contributed by atoms with Crippen LogP contribution in [0.1, 0.15) is 24.3 Å². The quantitative estimate of drug-likeness (QED) is 0.819. The minimum atomic E-state index is -0.237. The van der Waals surface area contributed by atoms with E-state index < -0.39 is 0 Å². The lowest BCUT2D eigenvalue weighted by Gasteiger charge is -2.21. The Bertz CT molecular complexity index is 426. The van der Waals surface area contributed by atoms with Crippen molar-refractivity contribution >= 4 is 17.5 Å². The first kappa shape index (κ1) is 13.4. The average molecular weight is 253 g/mol. The Morgan fingerprint density at radius 1 is 1.59 bits per heavy atom. The number of carbonyl (C=O) groups is 1. The number of nitrogens with zero attached hydrogens (tertiary/aromatic N) is 4. The summed E-state index contributed by atoms with van der Waals surface area (Å²) in [6, 6.07) is 5.14. The first-order valence-electron chi connectivity index (χ1n) is 5.26. The lowest BCUT2D eigenvalue weighted by Crippen LogP contribution is -2.34. The summed E-state index contributed by atoms with van der Waals surface area (Å²) in [7, 11) is 0. The van der Waals surface area contributed by atoms with E-state index in [4.69, 9.17) is 16.9 Å². The van der Waals surface area contributed by atoms with Gasteiger partial charge in [-0.1, -0.05) is 11.6 Å². The fraction of sp³-hybridized carbons (Fsp3) is 0.455. The zero-order valence-electron chi connectivity index (χ0n) is 9.72. The Hall–Kier alpha value is -1.67. The largest absolute Gasteiger partial charge is 0.336 e. The van der Waals surface area contributed by atoms with E-state index in [1.807, 2.05) is 6.92 Å². The van der Waals surface area contributed by atoms with Gasteiger partial charge in [-0.05, 0) is 26.0 Å². The van der Waals surface area contributed by atoms with E-state index in [9.17, 15) is 4.79 Å². The molecule has 0 aliphatic rings. The highest BCUT2D eigenvalue weighted by atomic mass is 35.5. The first-order valence-corrected chi connectivity index (χ1v) is 5.64. The molecule has 0 aliphatic carbocycles. The van der Waals surface area contributed by atoms with Crippen LogP contribution in [-0.2, 0) is 0 Å². The molecule has 0 N–H and O–H groups in total. The van der Waals surface area contributed by atoms with Crippen LogP contribution in [0.2, 0.25) is 5.15 Å². The monoisotopic (exact) mass is 252 g/mol. The van der Waals surface area contributed by atoms with Crippen LogP contribution in [0.5, 0.6) is 0 Å². The van der Waals surface area contributed by atoms with Gasteiger partial charge in [0, 0.05) is 13.1 Å². The van der Waals surface area contributed by atoms with E-state index in [1.54, 1.807) is 11.8 Å². The number of rotatable bonds is 4. The van der Waals surface area contributed by atoms with Crippen molar-refractivity contribution in [3.8, 4) is 6.07 Å². The van der Waals surface area contributed by atoms with Crippen LogP contribution in [0.15, 0.2) is 12.1 Å². The molecule has 6 heteroatoms. The minimum absolute atomic E-state index is 0.209. The van der Waals surface area contributed by atoms with Gasteiger partial charge in [-0.25, -0.2) is 0 Å². The molecule has 5 nitrogen and oxygen atoms in total. The number of hydrogen-bond acceptors (Lipinski definition) is 4. The summed E-state index contributed by atoms with van der Waals surface area (Å²) in [6.45, 7) is 4.53.